The summed E-state index contributed by atoms with van der Waals surface area (Å²) in [6.07, 6.45) is 1.45. The Kier molecular flexibility index (Phi) is 5.08. The molecule has 0 aliphatic carbocycles. The molecule has 0 aliphatic rings. The third-order valence-electron chi connectivity index (χ3n) is 4.06. The van der Waals surface area contributed by atoms with E-state index in [0.717, 1.165) is 10.6 Å². The molecule has 2 heterocycles. The van der Waals surface area contributed by atoms with Crippen LogP contribution in [0.5, 0.6) is 0 Å². The molecule has 2 aromatic carbocycles. The lowest BCUT2D eigenvalue weighted by atomic mass is 10.2. The second kappa shape index (κ2) is 7.98. The number of aryl methyl sites for hydroxylation is 1. The minimum atomic E-state index is -0.438. The first-order valence-corrected chi connectivity index (χ1v) is 9.40. The predicted octanol–water partition coefficient (Wildman–Crippen LogP) is 2.17. The number of thiazole rings is 1. The summed E-state index contributed by atoms with van der Waals surface area (Å²) in [6, 6.07) is 16.2. The Balaban J connectivity index is 1.41. The molecule has 4 rings (SSSR count). The van der Waals surface area contributed by atoms with Crippen molar-refractivity contribution < 1.29 is 9.59 Å². The summed E-state index contributed by atoms with van der Waals surface area (Å²) >= 11 is 1.27. The first-order chi connectivity index (χ1) is 14.1. The number of carbonyl (C=O) groups excluding carboxylic acids is 2. The van der Waals surface area contributed by atoms with Crippen molar-refractivity contribution in [3.63, 3.8) is 0 Å². The van der Waals surface area contributed by atoms with Crippen LogP contribution in [0.1, 0.15) is 25.7 Å². The van der Waals surface area contributed by atoms with Crippen molar-refractivity contribution in [2.45, 2.75) is 6.92 Å². The van der Waals surface area contributed by atoms with Crippen molar-refractivity contribution in [3.8, 4) is 16.3 Å². The van der Waals surface area contributed by atoms with Gasteiger partial charge in [0.2, 0.25) is 0 Å². The molecule has 0 aliphatic heterocycles. The van der Waals surface area contributed by atoms with Crippen molar-refractivity contribution in [3.05, 3.63) is 77.1 Å². The zero-order valence-corrected chi connectivity index (χ0v) is 16.1. The van der Waals surface area contributed by atoms with E-state index in [1.807, 2.05) is 30.3 Å². The topological polar surface area (TPSA) is 115 Å². The van der Waals surface area contributed by atoms with Crippen molar-refractivity contribution in [2.24, 2.45) is 0 Å². The van der Waals surface area contributed by atoms with Gasteiger partial charge >= 0.3 is 0 Å². The Bertz CT molecular complexity index is 1140. The third kappa shape index (κ3) is 4.01. The molecule has 0 spiro atoms. The van der Waals surface area contributed by atoms with Gasteiger partial charge in [0.05, 0.1) is 11.4 Å². The number of hydrogen-bond acceptors (Lipinski definition) is 7. The van der Waals surface area contributed by atoms with E-state index in [4.69, 9.17) is 0 Å². The number of aromatic nitrogens is 5. The maximum Gasteiger partial charge on any atom is 0.281 e. The van der Waals surface area contributed by atoms with Crippen LogP contribution in [0, 0.1) is 6.92 Å². The van der Waals surface area contributed by atoms with Gasteiger partial charge in [-0.15, -0.1) is 16.4 Å². The monoisotopic (exact) mass is 405 g/mol. The lowest BCUT2D eigenvalue weighted by molar-refractivity contribution is 0.0848. The van der Waals surface area contributed by atoms with Crippen molar-refractivity contribution in [2.75, 3.05) is 0 Å². The smallest absolute Gasteiger partial charge is 0.267 e. The number of carbonyl (C=O) groups is 2. The Labute approximate surface area is 169 Å². The van der Waals surface area contributed by atoms with Crippen molar-refractivity contribution in [1.82, 2.24) is 36.0 Å². The van der Waals surface area contributed by atoms with Gasteiger partial charge < -0.3 is 0 Å². The maximum absolute atomic E-state index is 12.5. The van der Waals surface area contributed by atoms with Crippen LogP contribution >= 0.6 is 11.3 Å². The lowest BCUT2D eigenvalue weighted by Crippen LogP contribution is -2.41. The number of hydrazine groups is 1. The van der Waals surface area contributed by atoms with E-state index in [-0.39, 0.29) is 0 Å². The number of hydrogen-bond donors (Lipinski definition) is 2. The summed E-state index contributed by atoms with van der Waals surface area (Å²) in [6.45, 7) is 1.76. The van der Waals surface area contributed by atoms with Crippen LogP contribution < -0.4 is 10.9 Å². The number of amides is 2. The van der Waals surface area contributed by atoms with Crippen LogP contribution in [0.2, 0.25) is 0 Å². The van der Waals surface area contributed by atoms with Gasteiger partial charge in [0, 0.05) is 11.1 Å². The van der Waals surface area contributed by atoms with Crippen molar-refractivity contribution >= 4 is 23.2 Å². The average molecular weight is 405 g/mol. The van der Waals surface area contributed by atoms with Gasteiger partial charge in [-0.2, -0.15) is 0 Å². The molecular weight excluding hydrogens is 390 g/mol. The summed E-state index contributed by atoms with van der Waals surface area (Å²) in [4.78, 5) is 29.7. The summed E-state index contributed by atoms with van der Waals surface area (Å²) in [5.41, 5.74) is 7.49. The molecule has 29 heavy (non-hydrogen) atoms. The zero-order chi connectivity index (χ0) is 20.2. The molecule has 0 radical (unpaired) electrons. The van der Waals surface area contributed by atoms with Crippen molar-refractivity contribution in [1.29, 1.82) is 0 Å². The zero-order valence-electron chi connectivity index (χ0n) is 15.2. The van der Waals surface area contributed by atoms with Gasteiger partial charge in [0.15, 0.2) is 0 Å². The molecule has 144 valence electrons. The van der Waals surface area contributed by atoms with Gasteiger partial charge in [-0.25, -0.2) is 9.67 Å². The van der Waals surface area contributed by atoms with Gasteiger partial charge in [0.25, 0.3) is 11.8 Å². The molecule has 0 saturated carbocycles. The fourth-order valence-electron chi connectivity index (χ4n) is 2.60. The van der Waals surface area contributed by atoms with E-state index in [1.165, 1.54) is 22.3 Å². The molecule has 10 heteroatoms. The fourth-order valence-corrected chi connectivity index (χ4v) is 3.57. The van der Waals surface area contributed by atoms with E-state index in [1.54, 1.807) is 31.2 Å². The predicted molar refractivity (Wildman–Crippen MR) is 106 cm³/mol. The Morgan fingerprint density at radius 3 is 2.38 bits per heavy atom. The summed E-state index contributed by atoms with van der Waals surface area (Å²) < 4.78 is 1.47. The number of nitrogens with zero attached hydrogens (tertiary/aromatic N) is 5. The van der Waals surface area contributed by atoms with E-state index in [9.17, 15) is 9.59 Å². The van der Waals surface area contributed by atoms with E-state index >= 15 is 0 Å². The highest BCUT2D eigenvalue weighted by molar-refractivity contribution is 7.17. The number of nitrogens with one attached hydrogen (secondary N) is 2. The normalized spacial score (nSPS) is 10.5. The van der Waals surface area contributed by atoms with Gasteiger partial charge in [-0.05, 0) is 41.6 Å². The van der Waals surface area contributed by atoms with Crippen LogP contribution in [0.25, 0.3) is 16.3 Å². The van der Waals surface area contributed by atoms with Gasteiger partial charge in [-0.1, -0.05) is 30.3 Å². The SMILES string of the molecule is Cc1nc(-c2ccccc2)sc1C(=O)NNC(=O)c1ccc(-n2cnnn2)cc1. The molecule has 0 unspecified atom stereocenters. The van der Waals surface area contributed by atoms with E-state index in [2.05, 4.69) is 31.4 Å². The van der Waals surface area contributed by atoms with Crippen LogP contribution in [-0.2, 0) is 0 Å². The second-order valence-electron chi connectivity index (χ2n) is 6.01. The molecule has 2 aromatic heterocycles. The second-order valence-corrected chi connectivity index (χ2v) is 7.01. The highest BCUT2D eigenvalue weighted by atomic mass is 32.1. The summed E-state index contributed by atoms with van der Waals surface area (Å²) in [7, 11) is 0. The molecule has 2 amide bonds. The molecule has 0 bridgehead atoms. The molecule has 4 aromatic rings. The third-order valence-corrected chi connectivity index (χ3v) is 5.26. The van der Waals surface area contributed by atoms with Crippen LogP contribution in [0.15, 0.2) is 60.9 Å². The maximum atomic E-state index is 12.5. The number of tetrazole rings is 1. The fraction of sp³-hybridized carbons (Fsp3) is 0.0526. The number of rotatable bonds is 4. The molecule has 0 atom stereocenters. The minimum Gasteiger partial charge on any atom is -0.267 e. The average Bonchev–Trinajstić information content (AvgIpc) is 3.43. The summed E-state index contributed by atoms with van der Waals surface area (Å²) in [5.74, 6) is -0.854. The van der Waals surface area contributed by atoms with E-state index in [0.29, 0.717) is 21.8 Å². The summed E-state index contributed by atoms with van der Waals surface area (Å²) in [5, 5.41) is 11.7. The van der Waals surface area contributed by atoms with Crippen LogP contribution in [0.4, 0.5) is 0 Å². The quantitative estimate of drug-likeness (QED) is 0.503. The molecule has 0 fully saturated rings. The first kappa shape index (κ1) is 18.4. The molecule has 9 nitrogen and oxygen atoms in total. The molecular formula is C19H15N7O2S. The Morgan fingerprint density at radius 1 is 0.966 bits per heavy atom. The standard InChI is InChI=1S/C19H15N7O2S/c1-12-16(29-19(21-12)14-5-3-2-4-6-14)18(28)23-22-17(27)13-7-9-15(10-8-13)26-11-20-24-25-26/h2-11H,1H3,(H,22,27)(H,23,28). The van der Waals surface area contributed by atoms with Gasteiger partial charge in [0.1, 0.15) is 16.2 Å². The Hall–Kier alpha value is -3.92. The molecule has 0 saturated heterocycles. The Morgan fingerprint density at radius 2 is 1.69 bits per heavy atom. The molecule has 2 N–H and O–H groups in total. The van der Waals surface area contributed by atoms with Crippen LogP contribution in [-0.4, -0.2) is 37.0 Å². The lowest BCUT2D eigenvalue weighted by Gasteiger charge is -2.07. The largest absolute Gasteiger partial charge is 0.281 e. The van der Waals surface area contributed by atoms with Gasteiger partial charge in [-0.3, -0.25) is 20.4 Å². The first-order valence-electron chi connectivity index (χ1n) is 8.59. The highest BCUT2D eigenvalue weighted by Crippen LogP contribution is 2.27. The minimum absolute atomic E-state index is 0.383. The number of benzene rings is 2. The van der Waals surface area contributed by atoms with E-state index < -0.39 is 11.8 Å². The van der Waals surface area contributed by atoms with Crippen LogP contribution in [0.3, 0.4) is 0 Å². The highest BCUT2D eigenvalue weighted by Gasteiger charge is 2.17.